The van der Waals surface area contributed by atoms with Crippen molar-refractivity contribution < 1.29 is 35.9 Å². The summed E-state index contributed by atoms with van der Waals surface area (Å²) in [6.45, 7) is 2.26. The molecule has 0 saturated heterocycles. The summed E-state index contributed by atoms with van der Waals surface area (Å²) < 4.78 is 76.6. The van der Waals surface area contributed by atoms with Crippen LogP contribution in [0.25, 0.3) is 10.6 Å². The lowest BCUT2D eigenvalue weighted by molar-refractivity contribution is -0.138. The van der Waals surface area contributed by atoms with E-state index >= 15 is 0 Å². The van der Waals surface area contributed by atoms with Crippen molar-refractivity contribution in [1.29, 1.82) is 0 Å². The van der Waals surface area contributed by atoms with Crippen LogP contribution in [0.15, 0.2) is 48.5 Å². The third-order valence-electron chi connectivity index (χ3n) is 5.27. The van der Waals surface area contributed by atoms with E-state index < -0.39 is 35.3 Å². The number of aromatic nitrogens is 2. The Morgan fingerprint density at radius 2 is 1.43 bits per heavy atom. The van der Waals surface area contributed by atoms with Crippen molar-refractivity contribution in [3.63, 3.8) is 0 Å². The SMILES string of the molecule is CCCCN(CCC(=O)Nc1nnc(-c2ccc(C(F)(F)F)cc2)s1)C(=O)c1ccc(C(F)(F)F)cc1. The number of rotatable bonds is 9. The zero-order valence-electron chi connectivity index (χ0n) is 19.5. The van der Waals surface area contributed by atoms with Crippen molar-refractivity contribution in [3.05, 3.63) is 65.2 Å². The van der Waals surface area contributed by atoms with Crippen LogP contribution >= 0.6 is 11.3 Å². The molecule has 198 valence electrons. The Hall–Kier alpha value is -3.48. The van der Waals surface area contributed by atoms with Crippen molar-refractivity contribution in [2.24, 2.45) is 0 Å². The first-order valence-electron chi connectivity index (χ1n) is 11.2. The van der Waals surface area contributed by atoms with Crippen LogP contribution in [0.4, 0.5) is 31.5 Å². The van der Waals surface area contributed by atoms with E-state index in [4.69, 9.17) is 0 Å². The molecule has 37 heavy (non-hydrogen) atoms. The van der Waals surface area contributed by atoms with Crippen molar-refractivity contribution in [2.75, 3.05) is 18.4 Å². The molecule has 13 heteroatoms. The van der Waals surface area contributed by atoms with Gasteiger partial charge in [0, 0.05) is 30.6 Å². The molecule has 2 aromatic carbocycles. The molecule has 0 aliphatic heterocycles. The molecule has 3 rings (SSSR count). The van der Waals surface area contributed by atoms with Crippen molar-refractivity contribution in [2.45, 2.75) is 38.5 Å². The molecule has 6 nitrogen and oxygen atoms in total. The Morgan fingerprint density at radius 1 is 0.865 bits per heavy atom. The van der Waals surface area contributed by atoms with Gasteiger partial charge in [0.1, 0.15) is 5.01 Å². The zero-order chi connectivity index (χ0) is 27.2. The standard InChI is InChI=1S/C24H22F6N4O2S/c1-2-3-13-34(21(36)16-6-10-18(11-7-16)24(28,29)30)14-12-19(35)31-22-33-32-20(37-22)15-4-8-17(9-5-15)23(25,26)27/h4-11H,2-3,12-14H2,1H3,(H,31,33,35). The largest absolute Gasteiger partial charge is 0.416 e. The van der Waals surface area contributed by atoms with Gasteiger partial charge in [-0.1, -0.05) is 36.8 Å². The normalized spacial score (nSPS) is 11.9. The highest BCUT2D eigenvalue weighted by molar-refractivity contribution is 7.18. The predicted octanol–water partition coefficient (Wildman–Crippen LogP) is 6.51. The van der Waals surface area contributed by atoms with Gasteiger partial charge in [-0.05, 0) is 42.8 Å². The van der Waals surface area contributed by atoms with Crippen LogP contribution in [0.1, 0.15) is 47.7 Å². The van der Waals surface area contributed by atoms with E-state index in [-0.39, 0.29) is 23.7 Å². The van der Waals surface area contributed by atoms with Gasteiger partial charge in [0.25, 0.3) is 5.91 Å². The second-order valence-electron chi connectivity index (χ2n) is 8.01. The Labute approximate surface area is 212 Å². The maximum atomic E-state index is 12.9. The third-order valence-corrected chi connectivity index (χ3v) is 6.16. The van der Waals surface area contributed by atoms with E-state index in [0.29, 0.717) is 23.5 Å². The first-order valence-corrected chi connectivity index (χ1v) is 12.0. The fourth-order valence-corrected chi connectivity index (χ4v) is 4.02. The number of alkyl halides is 6. The minimum atomic E-state index is -4.52. The Morgan fingerprint density at radius 3 is 1.97 bits per heavy atom. The molecule has 1 aromatic heterocycles. The van der Waals surface area contributed by atoms with E-state index in [1.54, 1.807) is 0 Å². The van der Waals surface area contributed by atoms with Crippen LogP contribution in [0, 0.1) is 0 Å². The molecular formula is C24H22F6N4O2S. The summed E-state index contributed by atoms with van der Waals surface area (Å²) in [6.07, 6.45) is -7.68. The first kappa shape index (κ1) is 28.1. The maximum absolute atomic E-state index is 12.9. The number of hydrogen-bond acceptors (Lipinski definition) is 5. The van der Waals surface area contributed by atoms with Gasteiger partial charge in [-0.15, -0.1) is 10.2 Å². The molecule has 0 fully saturated rings. The monoisotopic (exact) mass is 544 g/mol. The average Bonchev–Trinajstić information content (AvgIpc) is 3.31. The van der Waals surface area contributed by atoms with Gasteiger partial charge in [-0.2, -0.15) is 26.3 Å². The average molecular weight is 545 g/mol. The van der Waals surface area contributed by atoms with E-state index in [1.807, 2.05) is 6.92 Å². The lowest BCUT2D eigenvalue weighted by Gasteiger charge is -2.22. The number of anilines is 1. The van der Waals surface area contributed by atoms with Gasteiger partial charge in [0.15, 0.2) is 0 Å². The molecule has 0 bridgehead atoms. The van der Waals surface area contributed by atoms with Crippen LogP contribution < -0.4 is 5.32 Å². The van der Waals surface area contributed by atoms with Crippen LogP contribution in [-0.2, 0) is 17.1 Å². The van der Waals surface area contributed by atoms with Gasteiger partial charge in [0.05, 0.1) is 11.1 Å². The van der Waals surface area contributed by atoms with E-state index in [9.17, 15) is 35.9 Å². The Kier molecular flexibility index (Phi) is 8.89. The number of unbranched alkanes of at least 4 members (excludes halogenated alkanes) is 1. The van der Waals surface area contributed by atoms with Crippen LogP contribution in [-0.4, -0.2) is 40.0 Å². The van der Waals surface area contributed by atoms with Crippen molar-refractivity contribution in [3.8, 4) is 10.6 Å². The summed E-state index contributed by atoms with van der Waals surface area (Å²) in [5.74, 6) is -0.965. The predicted molar refractivity (Wildman–Crippen MR) is 126 cm³/mol. The molecule has 0 atom stereocenters. The zero-order valence-corrected chi connectivity index (χ0v) is 20.3. The van der Waals surface area contributed by atoms with Crippen LogP contribution in [0.3, 0.4) is 0 Å². The van der Waals surface area contributed by atoms with Crippen molar-refractivity contribution in [1.82, 2.24) is 15.1 Å². The van der Waals surface area contributed by atoms with Crippen LogP contribution in [0.2, 0.25) is 0 Å². The molecule has 1 N–H and O–H groups in total. The quantitative estimate of drug-likeness (QED) is 0.312. The molecule has 0 spiro atoms. The Bertz CT molecular complexity index is 1210. The van der Waals surface area contributed by atoms with E-state index in [0.717, 1.165) is 54.2 Å². The highest BCUT2D eigenvalue weighted by Gasteiger charge is 2.31. The van der Waals surface area contributed by atoms with E-state index in [1.165, 1.54) is 17.0 Å². The van der Waals surface area contributed by atoms with Gasteiger partial charge in [-0.25, -0.2) is 0 Å². The van der Waals surface area contributed by atoms with Gasteiger partial charge < -0.3 is 10.2 Å². The Balaban J connectivity index is 1.60. The fraction of sp³-hybridized carbons (Fsp3) is 0.333. The number of nitrogens with one attached hydrogen (secondary N) is 1. The van der Waals surface area contributed by atoms with E-state index in [2.05, 4.69) is 15.5 Å². The maximum Gasteiger partial charge on any atom is 0.416 e. The molecule has 0 aliphatic rings. The number of carbonyl (C=O) groups is 2. The summed E-state index contributed by atoms with van der Waals surface area (Å²) in [5, 5.41) is 10.7. The molecule has 0 saturated carbocycles. The lowest BCUT2D eigenvalue weighted by atomic mass is 10.1. The molecule has 0 aliphatic carbocycles. The highest BCUT2D eigenvalue weighted by atomic mass is 32.1. The number of amides is 2. The van der Waals surface area contributed by atoms with Gasteiger partial charge >= 0.3 is 12.4 Å². The first-order chi connectivity index (χ1) is 17.4. The number of benzene rings is 2. The summed E-state index contributed by atoms with van der Waals surface area (Å²) in [5.41, 5.74) is -1.18. The number of carbonyl (C=O) groups excluding carboxylic acids is 2. The molecule has 3 aromatic rings. The smallest absolute Gasteiger partial charge is 0.338 e. The fourth-order valence-electron chi connectivity index (χ4n) is 3.26. The minimum Gasteiger partial charge on any atom is -0.338 e. The molecular weight excluding hydrogens is 522 g/mol. The topological polar surface area (TPSA) is 75.2 Å². The second-order valence-corrected chi connectivity index (χ2v) is 8.98. The van der Waals surface area contributed by atoms with Gasteiger partial charge in [-0.3, -0.25) is 9.59 Å². The highest BCUT2D eigenvalue weighted by Crippen LogP contribution is 2.32. The molecule has 0 unspecified atom stereocenters. The summed E-state index contributed by atoms with van der Waals surface area (Å²) in [4.78, 5) is 26.7. The number of hydrogen-bond donors (Lipinski definition) is 1. The third kappa shape index (κ3) is 7.75. The van der Waals surface area contributed by atoms with Crippen LogP contribution in [0.5, 0.6) is 0 Å². The van der Waals surface area contributed by atoms with Crippen molar-refractivity contribution >= 4 is 28.3 Å². The number of halogens is 6. The number of nitrogens with zero attached hydrogens (tertiary/aromatic N) is 3. The molecule has 1 heterocycles. The summed E-state index contributed by atoms with van der Waals surface area (Å²) >= 11 is 0.974. The minimum absolute atomic E-state index is 0.0241. The lowest BCUT2D eigenvalue weighted by Crippen LogP contribution is -2.34. The molecule has 0 radical (unpaired) electrons. The molecule has 2 amide bonds. The summed E-state index contributed by atoms with van der Waals surface area (Å²) in [7, 11) is 0. The van der Waals surface area contributed by atoms with Gasteiger partial charge in [0.2, 0.25) is 11.0 Å². The second kappa shape index (κ2) is 11.7. The summed E-state index contributed by atoms with van der Waals surface area (Å²) in [6, 6.07) is 8.24.